The number of rotatable bonds is 3. The van der Waals surface area contributed by atoms with Gasteiger partial charge in [-0.25, -0.2) is 4.79 Å². The molecule has 0 bridgehead atoms. The van der Waals surface area contributed by atoms with E-state index < -0.39 is 18.1 Å². The first-order valence-corrected chi connectivity index (χ1v) is 8.17. The maximum Gasteiger partial charge on any atom is 0.573 e. The van der Waals surface area contributed by atoms with Crippen molar-refractivity contribution >= 4 is 60.9 Å². The van der Waals surface area contributed by atoms with E-state index in [1.807, 2.05) is 0 Å². The molecule has 0 saturated carbocycles. The Balaban J connectivity index is 2.11. The first-order valence-electron chi connectivity index (χ1n) is 6.21. The van der Waals surface area contributed by atoms with E-state index in [0.29, 0.717) is 19.7 Å². The lowest BCUT2D eigenvalue weighted by atomic mass is 10.3. The summed E-state index contributed by atoms with van der Waals surface area (Å²) >= 11 is 12.2. The van der Waals surface area contributed by atoms with Crippen LogP contribution in [0.1, 0.15) is 0 Å². The van der Waals surface area contributed by atoms with E-state index in [4.69, 9.17) is 11.6 Å². The van der Waals surface area contributed by atoms with E-state index in [1.165, 1.54) is 12.1 Å². The third-order valence-electron chi connectivity index (χ3n) is 2.48. The topological polar surface area (TPSA) is 50.4 Å². The van der Waals surface area contributed by atoms with Gasteiger partial charge in [-0.15, -0.1) is 13.2 Å². The molecular weight excluding hydrogens is 480 g/mol. The number of hydrogen-bond donors (Lipinski definition) is 2. The van der Waals surface area contributed by atoms with E-state index in [0.717, 1.165) is 12.1 Å². The van der Waals surface area contributed by atoms with Crippen LogP contribution in [0.2, 0.25) is 5.02 Å². The van der Waals surface area contributed by atoms with E-state index in [1.54, 1.807) is 12.1 Å². The third-order valence-corrected chi connectivity index (χ3v) is 3.62. The maximum absolute atomic E-state index is 12.3. The summed E-state index contributed by atoms with van der Waals surface area (Å²) in [5, 5.41) is 5.33. The Bertz CT molecular complexity index is 752. The van der Waals surface area contributed by atoms with Gasteiger partial charge in [-0.3, -0.25) is 0 Å². The van der Waals surface area contributed by atoms with Crippen LogP contribution in [0.25, 0.3) is 0 Å². The van der Waals surface area contributed by atoms with Crippen molar-refractivity contribution < 1.29 is 22.7 Å². The standard InChI is InChI=1S/C14H8Br2ClF3N2O2/c15-7-1-9(17)5-10(2-7)21-13(23)22-11-3-8(16)4-12(6-11)24-14(18,19)20/h1-6H,(H2,21,22,23). The minimum Gasteiger partial charge on any atom is -0.406 e. The Morgan fingerprint density at radius 2 is 1.50 bits per heavy atom. The molecule has 0 unspecified atom stereocenters. The molecule has 0 saturated heterocycles. The van der Waals surface area contributed by atoms with Crippen molar-refractivity contribution in [2.24, 2.45) is 0 Å². The summed E-state index contributed by atoms with van der Waals surface area (Å²) in [6, 6.07) is 7.72. The molecule has 0 fully saturated rings. The van der Waals surface area contributed by atoms with Crippen LogP contribution in [0.3, 0.4) is 0 Å². The highest BCUT2D eigenvalue weighted by Crippen LogP contribution is 2.29. The Kier molecular flexibility index (Phi) is 6.00. The third kappa shape index (κ3) is 6.21. The Morgan fingerprint density at radius 1 is 0.958 bits per heavy atom. The zero-order valence-corrected chi connectivity index (χ0v) is 15.5. The van der Waals surface area contributed by atoms with Crippen LogP contribution >= 0.6 is 43.5 Å². The van der Waals surface area contributed by atoms with E-state index >= 15 is 0 Å². The molecular formula is C14H8Br2ClF3N2O2. The summed E-state index contributed by atoms with van der Waals surface area (Å²) in [7, 11) is 0. The van der Waals surface area contributed by atoms with Crippen LogP contribution in [0, 0.1) is 0 Å². The van der Waals surface area contributed by atoms with Crippen molar-refractivity contribution in [2.75, 3.05) is 10.6 Å². The van der Waals surface area contributed by atoms with Gasteiger partial charge in [0.1, 0.15) is 5.75 Å². The summed E-state index contributed by atoms with van der Waals surface area (Å²) < 4.78 is 41.6. The van der Waals surface area contributed by atoms with Crippen LogP contribution in [0.5, 0.6) is 5.75 Å². The number of alkyl halides is 3. The molecule has 4 nitrogen and oxygen atoms in total. The molecule has 0 aliphatic rings. The van der Waals surface area contributed by atoms with Gasteiger partial charge in [0.05, 0.1) is 0 Å². The van der Waals surface area contributed by atoms with Gasteiger partial charge in [-0.2, -0.15) is 0 Å². The average Bonchev–Trinajstić information content (AvgIpc) is 2.33. The fourth-order valence-corrected chi connectivity index (χ4v) is 3.08. The van der Waals surface area contributed by atoms with E-state index in [2.05, 4.69) is 47.2 Å². The van der Waals surface area contributed by atoms with Crippen molar-refractivity contribution in [3.8, 4) is 5.75 Å². The fraction of sp³-hybridized carbons (Fsp3) is 0.0714. The molecule has 10 heteroatoms. The minimum atomic E-state index is -4.83. The summed E-state index contributed by atoms with van der Waals surface area (Å²) in [6.07, 6.45) is -4.83. The molecule has 0 heterocycles. The highest BCUT2D eigenvalue weighted by Gasteiger charge is 2.31. The van der Waals surface area contributed by atoms with E-state index in [-0.39, 0.29) is 5.69 Å². The second kappa shape index (κ2) is 7.62. The van der Waals surface area contributed by atoms with Crippen molar-refractivity contribution in [3.63, 3.8) is 0 Å². The lowest BCUT2D eigenvalue weighted by molar-refractivity contribution is -0.274. The summed E-state index contributed by atoms with van der Waals surface area (Å²) in [5.41, 5.74) is 0.524. The minimum absolute atomic E-state index is 0.113. The number of nitrogens with one attached hydrogen (secondary N) is 2. The number of anilines is 2. The van der Waals surface area contributed by atoms with Gasteiger partial charge in [-0.1, -0.05) is 43.5 Å². The number of amides is 2. The lowest BCUT2D eigenvalue weighted by Crippen LogP contribution is -2.20. The fourth-order valence-electron chi connectivity index (χ4n) is 1.75. The molecule has 0 radical (unpaired) electrons. The molecule has 0 aliphatic carbocycles. The van der Waals surface area contributed by atoms with Gasteiger partial charge in [-0.05, 0) is 30.3 Å². The molecule has 0 atom stereocenters. The van der Waals surface area contributed by atoms with Crippen LogP contribution in [-0.2, 0) is 0 Å². The number of carbonyl (C=O) groups excluding carboxylic acids is 1. The molecule has 0 aromatic heterocycles. The highest BCUT2D eigenvalue weighted by atomic mass is 79.9. The molecule has 2 amide bonds. The molecule has 2 aromatic carbocycles. The Morgan fingerprint density at radius 3 is 2.04 bits per heavy atom. The van der Waals surface area contributed by atoms with Crippen molar-refractivity contribution in [1.82, 2.24) is 0 Å². The Labute approximate surface area is 156 Å². The second-order valence-electron chi connectivity index (χ2n) is 4.46. The zero-order valence-electron chi connectivity index (χ0n) is 11.5. The summed E-state index contributed by atoms with van der Waals surface area (Å²) in [6.45, 7) is 0. The predicted molar refractivity (Wildman–Crippen MR) is 92.6 cm³/mol. The smallest absolute Gasteiger partial charge is 0.406 e. The maximum atomic E-state index is 12.3. The average molecular weight is 488 g/mol. The predicted octanol–water partition coefficient (Wildman–Crippen LogP) is 6.41. The molecule has 128 valence electrons. The van der Waals surface area contributed by atoms with Crippen LogP contribution in [0.15, 0.2) is 45.3 Å². The van der Waals surface area contributed by atoms with Crippen LogP contribution < -0.4 is 15.4 Å². The first-order chi connectivity index (χ1) is 11.1. The number of urea groups is 1. The number of carbonyl (C=O) groups is 1. The van der Waals surface area contributed by atoms with Gasteiger partial charge >= 0.3 is 12.4 Å². The van der Waals surface area contributed by atoms with Gasteiger partial charge in [0.15, 0.2) is 0 Å². The van der Waals surface area contributed by atoms with Gasteiger partial charge < -0.3 is 15.4 Å². The number of hydrogen-bond acceptors (Lipinski definition) is 2. The van der Waals surface area contributed by atoms with Gasteiger partial charge in [0.2, 0.25) is 0 Å². The number of halogens is 6. The quantitative estimate of drug-likeness (QED) is 0.525. The SMILES string of the molecule is O=C(Nc1cc(Cl)cc(Br)c1)Nc1cc(Br)cc(OC(F)(F)F)c1. The lowest BCUT2D eigenvalue weighted by Gasteiger charge is -2.12. The molecule has 2 aromatic rings. The largest absolute Gasteiger partial charge is 0.573 e. The van der Waals surface area contributed by atoms with Crippen LogP contribution in [0.4, 0.5) is 29.3 Å². The highest BCUT2D eigenvalue weighted by molar-refractivity contribution is 9.10. The molecule has 0 spiro atoms. The molecule has 2 N–H and O–H groups in total. The molecule has 24 heavy (non-hydrogen) atoms. The number of benzene rings is 2. The monoisotopic (exact) mass is 486 g/mol. The first kappa shape index (κ1) is 18.9. The van der Waals surface area contributed by atoms with Crippen molar-refractivity contribution in [2.45, 2.75) is 6.36 Å². The van der Waals surface area contributed by atoms with E-state index in [9.17, 15) is 18.0 Å². The number of ether oxygens (including phenoxy) is 1. The van der Waals surface area contributed by atoms with Crippen LogP contribution in [-0.4, -0.2) is 12.4 Å². The summed E-state index contributed by atoms with van der Waals surface area (Å²) in [4.78, 5) is 12.0. The molecule has 2 rings (SSSR count). The summed E-state index contributed by atoms with van der Waals surface area (Å²) in [5.74, 6) is -0.460. The Hall–Kier alpha value is -1.45. The normalized spacial score (nSPS) is 11.1. The molecule has 0 aliphatic heterocycles. The van der Waals surface area contributed by atoms with Crippen molar-refractivity contribution in [1.29, 1.82) is 0 Å². The zero-order chi connectivity index (χ0) is 17.9. The second-order valence-corrected chi connectivity index (χ2v) is 6.73. The van der Waals surface area contributed by atoms with Gasteiger partial charge in [0.25, 0.3) is 0 Å². The van der Waals surface area contributed by atoms with Crippen molar-refractivity contribution in [3.05, 3.63) is 50.4 Å². The van der Waals surface area contributed by atoms with Gasteiger partial charge in [0, 0.05) is 31.4 Å².